The Labute approximate surface area is 154 Å². The molecule has 1 aliphatic rings. The van der Waals surface area contributed by atoms with E-state index in [1.54, 1.807) is 6.20 Å². The highest BCUT2D eigenvalue weighted by molar-refractivity contribution is 6.45. The minimum absolute atomic E-state index is 0.138. The van der Waals surface area contributed by atoms with Gasteiger partial charge in [-0.05, 0) is 19.4 Å². The van der Waals surface area contributed by atoms with Gasteiger partial charge in [-0.1, -0.05) is 29.3 Å². The van der Waals surface area contributed by atoms with Crippen LogP contribution in [-0.4, -0.2) is 27.3 Å². The number of rotatable bonds is 3. The van der Waals surface area contributed by atoms with Gasteiger partial charge in [0.2, 0.25) is 0 Å². The average Bonchev–Trinajstić information content (AvgIpc) is 3.23. The Kier molecular flexibility index (Phi) is 4.21. The van der Waals surface area contributed by atoms with E-state index in [0.717, 1.165) is 34.1 Å². The van der Waals surface area contributed by atoms with E-state index in [1.807, 2.05) is 25.3 Å². The number of hydrogen-bond donors (Lipinski definition) is 1. The summed E-state index contributed by atoms with van der Waals surface area (Å²) >= 11 is 12.8. The molecule has 3 aromatic rings. The maximum atomic E-state index is 12.2. The molecular weight excluding hydrogens is 361 g/mol. The van der Waals surface area contributed by atoms with Crippen LogP contribution in [0.5, 0.6) is 0 Å². The summed E-state index contributed by atoms with van der Waals surface area (Å²) in [6, 6.07) is 3.79. The number of H-pyrrole nitrogens is 1. The molecule has 7 heteroatoms. The number of benzene rings is 1. The van der Waals surface area contributed by atoms with Crippen LogP contribution < -0.4 is 0 Å². The molecule has 0 saturated heterocycles. The molecule has 0 spiro atoms. The van der Waals surface area contributed by atoms with Crippen molar-refractivity contribution in [2.24, 2.45) is 5.92 Å². The molecule has 1 N–H and O–H groups in total. The van der Waals surface area contributed by atoms with Crippen LogP contribution in [0.15, 0.2) is 24.5 Å². The molecule has 1 aromatic carbocycles. The summed E-state index contributed by atoms with van der Waals surface area (Å²) in [6.45, 7) is 2.93. The SMILES string of the molecule is CCOC(=O)C1CCn2c(c(-c3cn[nH]c3)c3ccc(Cl)c(Cl)c32)C1. The first-order valence-corrected chi connectivity index (χ1v) is 9.02. The van der Waals surface area contributed by atoms with Crippen molar-refractivity contribution in [1.29, 1.82) is 0 Å². The molecule has 130 valence electrons. The van der Waals surface area contributed by atoms with Crippen molar-refractivity contribution in [2.45, 2.75) is 26.3 Å². The zero-order valence-corrected chi connectivity index (χ0v) is 15.2. The molecule has 0 radical (unpaired) electrons. The van der Waals surface area contributed by atoms with Crippen LogP contribution in [0.25, 0.3) is 22.0 Å². The molecule has 1 aliphatic heterocycles. The van der Waals surface area contributed by atoms with Gasteiger partial charge in [0.15, 0.2) is 0 Å². The summed E-state index contributed by atoms with van der Waals surface area (Å²) in [4.78, 5) is 12.2. The molecule has 5 nitrogen and oxygen atoms in total. The summed E-state index contributed by atoms with van der Waals surface area (Å²) in [7, 11) is 0. The number of fused-ring (bicyclic) bond motifs is 3. The van der Waals surface area contributed by atoms with E-state index in [2.05, 4.69) is 14.8 Å². The lowest BCUT2D eigenvalue weighted by molar-refractivity contribution is -0.148. The van der Waals surface area contributed by atoms with Crippen LogP contribution in [0, 0.1) is 5.92 Å². The molecule has 2 aromatic heterocycles. The van der Waals surface area contributed by atoms with Crippen molar-refractivity contribution in [3.63, 3.8) is 0 Å². The summed E-state index contributed by atoms with van der Waals surface area (Å²) in [5.74, 6) is -0.280. The van der Waals surface area contributed by atoms with Gasteiger partial charge < -0.3 is 9.30 Å². The van der Waals surface area contributed by atoms with Crippen molar-refractivity contribution < 1.29 is 9.53 Å². The summed E-state index contributed by atoms with van der Waals surface area (Å²) in [6.07, 6.45) is 4.98. The molecule has 4 rings (SSSR count). The van der Waals surface area contributed by atoms with E-state index in [9.17, 15) is 4.79 Å². The molecule has 3 heterocycles. The van der Waals surface area contributed by atoms with E-state index >= 15 is 0 Å². The van der Waals surface area contributed by atoms with E-state index in [1.165, 1.54) is 0 Å². The maximum Gasteiger partial charge on any atom is 0.309 e. The topological polar surface area (TPSA) is 59.9 Å². The average molecular weight is 378 g/mol. The standard InChI is InChI=1S/C18H17Cl2N3O2/c1-2-25-18(24)10-5-6-23-14(7-10)15(11-8-21-22-9-11)12-3-4-13(19)16(20)17(12)23/h3-4,8-10H,2,5-7H2,1H3,(H,21,22). The Balaban J connectivity index is 1.93. The van der Waals surface area contributed by atoms with Gasteiger partial charge >= 0.3 is 5.97 Å². The van der Waals surface area contributed by atoms with Gasteiger partial charge in [-0.2, -0.15) is 5.10 Å². The first-order chi connectivity index (χ1) is 12.1. The monoisotopic (exact) mass is 377 g/mol. The van der Waals surface area contributed by atoms with Gasteiger partial charge in [0, 0.05) is 41.4 Å². The fourth-order valence-corrected chi connectivity index (χ4v) is 4.10. The van der Waals surface area contributed by atoms with Crippen molar-refractivity contribution in [1.82, 2.24) is 14.8 Å². The Morgan fingerprint density at radius 2 is 2.28 bits per heavy atom. The second-order valence-corrected chi connectivity index (χ2v) is 6.94. The van der Waals surface area contributed by atoms with E-state index < -0.39 is 0 Å². The Morgan fingerprint density at radius 3 is 3.00 bits per heavy atom. The number of aryl methyl sites for hydroxylation is 1. The van der Waals surface area contributed by atoms with Crippen LogP contribution in [0.2, 0.25) is 10.0 Å². The number of hydrogen-bond acceptors (Lipinski definition) is 3. The predicted octanol–water partition coefficient (Wildman–Crippen LogP) is 4.46. The van der Waals surface area contributed by atoms with Crippen molar-refractivity contribution >= 4 is 40.1 Å². The van der Waals surface area contributed by atoms with Crippen molar-refractivity contribution in [2.75, 3.05) is 6.61 Å². The lowest BCUT2D eigenvalue weighted by Crippen LogP contribution is -2.27. The second-order valence-electron chi connectivity index (χ2n) is 6.16. The van der Waals surface area contributed by atoms with Crippen LogP contribution in [0.1, 0.15) is 19.0 Å². The minimum Gasteiger partial charge on any atom is -0.466 e. The third kappa shape index (κ3) is 2.62. The van der Waals surface area contributed by atoms with Gasteiger partial charge in [0.1, 0.15) is 0 Å². The maximum absolute atomic E-state index is 12.2. The summed E-state index contributed by atoms with van der Waals surface area (Å²) < 4.78 is 7.41. The number of aromatic nitrogens is 3. The quantitative estimate of drug-likeness (QED) is 0.685. The van der Waals surface area contributed by atoms with Crippen molar-refractivity contribution in [3.8, 4) is 11.1 Å². The van der Waals surface area contributed by atoms with E-state index in [0.29, 0.717) is 29.6 Å². The second kappa shape index (κ2) is 6.39. The lowest BCUT2D eigenvalue weighted by atomic mass is 9.92. The molecule has 1 unspecified atom stereocenters. The molecule has 0 amide bonds. The fraction of sp³-hybridized carbons (Fsp3) is 0.333. The lowest BCUT2D eigenvalue weighted by Gasteiger charge is -2.24. The number of carbonyl (C=O) groups excluding carboxylic acids is 1. The highest BCUT2D eigenvalue weighted by atomic mass is 35.5. The fourth-order valence-electron chi connectivity index (χ4n) is 3.68. The number of halogens is 2. The van der Waals surface area contributed by atoms with Gasteiger partial charge in [-0.15, -0.1) is 0 Å². The number of nitrogens with zero attached hydrogens (tertiary/aromatic N) is 2. The number of ether oxygens (including phenoxy) is 1. The molecule has 0 aliphatic carbocycles. The van der Waals surface area contributed by atoms with Gasteiger partial charge in [0.05, 0.1) is 34.3 Å². The number of nitrogens with one attached hydrogen (secondary N) is 1. The van der Waals surface area contributed by atoms with Crippen LogP contribution in [0.3, 0.4) is 0 Å². The Morgan fingerprint density at radius 1 is 1.44 bits per heavy atom. The van der Waals surface area contributed by atoms with Crippen LogP contribution in [-0.2, 0) is 22.5 Å². The van der Waals surface area contributed by atoms with E-state index in [4.69, 9.17) is 27.9 Å². The van der Waals surface area contributed by atoms with Crippen LogP contribution in [0.4, 0.5) is 0 Å². The predicted molar refractivity (Wildman–Crippen MR) is 98.0 cm³/mol. The number of carbonyl (C=O) groups is 1. The Hall–Kier alpha value is -1.98. The van der Waals surface area contributed by atoms with Crippen LogP contribution >= 0.6 is 23.2 Å². The first kappa shape index (κ1) is 16.5. The largest absolute Gasteiger partial charge is 0.466 e. The van der Waals surface area contributed by atoms with Gasteiger partial charge in [-0.3, -0.25) is 9.89 Å². The number of esters is 1. The minimum atomic E-state index is -0.142. The van der Waals surface area contributed by atoms with E-state index in [-0.39, 0.29) is 11.9 Å². The summed E-state index contributed by atoms with van der Waals surface area (Å²) in [5, 5.41) is 9.03. The van der Waals surface area contributed by atoms with Gasteiger partial charge in [-0.25, -0.2) is 0 Å². The molecular formula is C18H17Cl2N3O2. The zero-order chi connectivity index (χ0) is 17.6. The highest BCUT2D eigenvalue weighted by Gasteiger charge is 2.31. The van der Waals surface area contributed by atoms with Crippen molar-refractivity contribution in [3.05, 3.63) is 40.3 Å². The Bertz CT molecular complexity index is 947. The number of aromatic amines is 1. The highest BCUT2D eigenvalue weighted by Crippen LogP contribution is 2.43. The molecule has 0 saturated carbocycles. The third-order valence-electron chi connectivity index (χ3n) is 4.77. The molecule has 1 atom stereocenters. The molecule has 25 heavy (non-hydrogen) atoms. The third-order valence-corrected chi connectivity index (χ3v) is 5.56. The normalized spacial score (nSPS) is 16.8. The molecule has 0 fully saturated rings. The molecule has 0 bridgehead atoms. The zero-order valence-electron chi connectivity index (χ0n) is 13.7. The summed E-state index contributed by atoms with van der Waals surface area (Å²) in [5.41, 5.74) is 4.02. The smallest absolute Gasteiger partial charge is 0.309 e. The first-order valence-electron chi connectivity index (χ1n) is 8.26. The van der Waals surface area contributed by atoms with Gasteiger partial charge in [0.25, 0.3) is 0 Å².